The lowest BCUT2D eigenvalue weighted by atomic mass is 10.0. The molecular weight excluding hydrogens is 436 g/mol. The van der Waals surface area contributed by atoms with Crippen LogP contribution < -0.4 is 10.6 Å². The van der Waals surface area contributed by atoms with E-state index in [0.717, 1.165) is 31.8 Å². The number of rotatable bonds is 4. The Kier molecular flexibility index (Phi) is 5.45. The molecule has 4 aromatic rings. The van der Waals surface area contributed by atoms with Crippen molar-refractivity contribution in [3.8, 4) is 22.4 Å². The molecule has 1 aromatic carbocycles. The topological polar surface area (TPSA) is 78.5 Å². The van der Waals surface area contributed by atoms with Gasteiger partial charge >= 0.3 is 6.18 Å². The van der Waals surface area contributed by atoms with E-state index in [0.29, 0.717) is 34.1 Å². The summed E-state index contributed by atoms with van der Waals surface area (Å²) in [6.45, 7) is 1.62. The van der Waals surface area contributed by atoms with E-state index in [1.807, 2.05) is 0 Å². The lowest BCUT2D eigenvalue weighted by Gasteiger charge is -2.24. The van der Waals surface area contributed by atoms with Crippen LogP contribution in [0.1, 0.15) is 18.4 Å². The van der Waals surface area contributed by atoms with E-state index >= 15 is 0 Å². The summed E-state index contributed by atoms with van der Waals surface area (Å²) >= 11 is 0. The average molecular weight is 456 g/mol. The molecule has 1 atom stereocenters. The van der Waals surface area contributed by atoms with Gasteiger partial charge < -0.3 is 15.6 Å². The van der Waals surface area contributed by atoms with Gasteiger partial charge in [-0.25, -0.2) is 14.4 Å². The Balaban J connectivity index is 1.56. The van der Waals surface area contributed by atoms with E-state index in [-0.39, 0.29) is 17.7 Å². The normalized spacial score (nSPS) is 16.8. The fraction of sp³-hybridized carbons (Fsp3) is 0.261. The van der Waals surface area contributed by atoms with E-state index in [2.05, 4.69) is 30.6 Å². The molecule has 0 amide bonds. The predicted molar refractivity (Wildman–Crippen MR) is 117 cm³/mol. The zero-order chi connectivity index (χ0) is 23.0. The number of piperidine rings is 1. The Hall–Kier alpha value is -3.53. The molecule has 5 rings (SSSR count). The summed E-state index contributed by atoms with van der Waals surface area (Å²) in [7, 11) is 0. The molecule has 1 saturated heterocycles. The highest BCUT2D eigenvalue weighted by Crippen LogP contribution is 2.39. The van der Waals surface area contributed by atoms with Crippen LogP contribution in [0.15, 0.2) is 49.1 Å². The smallest absolute Gasteiger partial charge is 0.360 e. The van der Waals surface area contributed by atoms with Crippen LogP contribution in [-0.4, -0.2) is 39.1 Å². The minimum absolute atomic E-state index is 0.0498. The average Bonchev–Trinajstić information content (AvgIpc) is 3.22. The summed E-state index contributed by atoms with van der Waals surface area (Å²) in [4.78, 5) is 15.1. The van der Waals surface area contributed by atoms with Crippen molar-refractivity contribution >= 4 is 16.9 Å². The maximum absolute atomic E-state index is 13.8. The van der Waals surface area contributed by atoms with E-state index in [1.54, 1.807) is 18.2 Å². The van der Waals surface area contributed by atoms with Gasteiger partial charge in [-0.15, -0.1) is 0 Å². The molecular formula is C23H20F4N6. The van der Waals surface area contributed by atoms with Crippen molar-refractivity contribution < 1.29 is 17.6 Å². The minimum atomic E-state index is -4.61. The molecule has 0 saturated carbocycles. The van der Waals surface area contributed by atoms with Gasteiger partial charge in [-0.05, 0) is 37.1 Å². The highest BCUT2D eigenvalue weighted by molar-refractivity contribution is 5.97. The third kappa shape index (κ3) is 4.38. The number of hydrogen-bond acceptors (Lipinski definition) is 5. The van der Waals surface area contributed by atoms with E-state index in [9.17, 15) is 17.6 Å². The number of H-pyrrole nitrogens is 1. The number of hydrogen-bond donors (Lipinski definition) is 3. The van der Waals surface area contributed by atoms with Crippen molar-refractivity contribution in [1.82, 2.24) is 25.3 Å². The maximum Gasteiger partial charge on any atom is 0.419 e. The number of anilines is 1. The molecule has 0 spiro atoms. The number of nitrogens with zero attached hydrogens (tertiary/aromatic N) is 3. The molecule has 33 heavy (non-hydrogen) atoms. The lowest BCUT2D eigenvalue weighted by molar-refractivity contribution is -0.137. The van der Waals surface area contributed by atoms with Crippen LogP contribution in [0.2, 0.25) is 0 Å². The molecule has 0 bridgehead atoms. The van der Waals surface area contributed by atoms with Crippen molar-refractivity contribution in [2.45, 2.75) is 25.1 Å². The first kappa shape index (κ1) is 21.3. The molecule has 1 fully saturated rings. The van der Waals surface area contributed by atoms with Gasteiger partial charge in [0.05, 0.1) is 11.9 Å². The van der Waals surface area contributed by atoms with Gasteiger partial charge in [-0.2, -0.15) is 13.2 Å². The van der Waals surface area contributed by atoms with Crippen molar-refractivity contribution in [3.05, 3.63) is 60.4 Å². The van der Waals surface area contributed by atoms with Crippen molar-refractivity contribution in [3.63, 3.8) is 0 Å². The SMILES string of the molecule is Fc1cncc(-c2ccc3c(-c4nc(N[C@H]5CCCNC5)ncc4C(F)(F)F)c[nH]c3c2)c1. The Morgan fingerprint density at radius 3 is 2.70 bits per heavy atom. The molecule has 0 aliphatic carbocycles. The predicted octanol–water partition coefficient (Wildman–Crippen LogP) is 5.01. The number of benzene rings is 1. The second-order valence-corrected chi connectivity index (χ2v) is 8.00. The third-order valence-corrected chi connectivity index (χ3v) is 5.70. The summed E-state index contributed by atoms with van der Waals surface area (Å²) in [5.41, 5.74) is 1.06. The molecule has 1 aliphatic heterocycles. The number of nitrogens with one attached hydrogen (secondary N) is 3. The van der Waals surface area contributed by atoms with Gasteiger partial charge in [0.1, 0.15) is 11.4 Å². The quantitative estimate of drug-likeness (QED) is 0.377. The van der Waals surface area contributed by atoms with Crippen LogP contribution in [0.3, 0.4) is 0 Å². The van der Waals surface area contributed by atoms with Crippen LogP contribution in [0.25, 0.3) is 33.3 Å². The van der Waals surface area contributed by atoms with E-state index < -0.39 is 17.6 Å². The van der Waals surface area contributed by atoms with Crippen molar-refractivity contribution in [2.75, 3.05) is 18.4 Å². The fourth-order valence-electron chi connectivity index (χ4n) is 4.09. The maximum atomic E-state index is 13.8. The zero-order valence-corrected chi connectivity index (χ0v) is 17.4. The molecule has 6 nitrogen and oxygen atoms in total. The second-order valence-electron chi connectivity index (χ2n) is 8.00. The molecule has 3 aromatic heterocycles. The first-order chi connectivity index (χ1) is 15.9. The molecule has 0 unspecified atom stereocenters. The van der Waals surface area contributed by atoms with Crippen LogP contribution in [-0.2, 0) is 6.18 Å². The van der Waals surface area contributed by atoms with Gasteiger partial charge in [0.15, 0.2) is 0 Å². The summed E-state index contributed by atoms with van der Waals surface area (Å²) in [5.74, 6) is -0.313. The number of pyridine rings is 1. The van der Waals surface area contributed by atoms with E-state index in [1.165, 1.54) is 18.5 Å². The summed E-state index contributed by atoms with van der Waals surface area (Å²) in [5, 5.41) is 6.96. The number of fused-ring (bicyclic) bond motifs is 1. The summed E-state index contributed by atoms with van der Waals surface area (Å²) < 4.78 is 54.9. The van der Waals surface area contributed by atoms with Gasteiger partial charge in [0.25, 0.3) is 0 Å². The lowest BCUT2D eigenvalue weighted by Crippen LogP contribution is -2.38. The molecule has 10 heteroatoms. The molecule has 3 N–H and O–H groups in total. The molecule has 4 heterocycles. The molecule has 0 radical (unpaired) electrons. The minimum Gasteiger partial charge on any atom is -0.360 e. The highest BCUT2D eigenvalue weighted by atomic mass is 19.4. The Bertz CT molecular complexity index is 1290. The zero-order valence-electron chi connectivity index (χ0n) is 17.4. The highest BCUT2D eigenvalue weighted by Gasteiger charge is 2.36. The summed E-state index contributed by atoms with van der Waals surface area (Å²) in [6.07, 6.45) is 2.20. The molecule has 1 aliphatic rings. The van der Waals surface area contributed by atoms with Crippen LogP contribution in [0, 0.1) is 5.82 Å². The van der Waals surface area contributed by atoms with Crippen molar-refractivity contribution in [2.24, 2.45) is 0 Å². The fourth-order valence-corrected chi connectivity index (χ4v) is 4.09. The Morgan fingerprint density at radius 2 is 1.94 bits per heavy atom. The molecule has 170 valence electrons. The van der Waals surface area contributed by atoms with Crippen LogP contribution >= 0.6 is 0 Å². The largest absolute Gasteiger partial charge is 0.419 e. The standard InChI is InChI=1S/C23H20F4N6/c24-15-6-14(8-29-9-15)13-3-4-17-18(11-30-20(17)7-13)21-19(23(25,26)27)12-31-22(33-21)32-16-2-1-5-28-10-16/h3-4,6-9,11-12,16,28,30H,1-2,5,10H2,(H,31,32,33)/t16-/m0/s1. The summed E-state index contributed by atoms with van der Waals surface area (Å²) in [6, 6.07) is 6.56. The van der Waals surface area contributed by atoms with Gasteiger partial charge in [-0.3, -0.25) is 4.98 Å². The number of aromatic nitrogens is 4. The third-order valence-electron chi connectivity index (χ3n) is 5.70. The number of alkyl halides is 3. The first-order valence-electron chi connectivity index (χ1n) is 10.5. The van der Waals surface area contributed by atoms with Gasteiger partial charge in [0, 0.05) is 53.2 Å². The Labute approximate surface area is 186 Å². The van der Waals surface area contributed by atoms with E-state index in [4.69, 9.17) is 0 Å². The second kappa shape index (κ2) is 8.43. The van der Waals surface area contributed by atoms with Crippen LogP contribution in [0.5, 0.6) is 0 Å². The Morgan fingerprint density at radius 1 is 1.06 bits per heavy atom. The van der Waals surface area contributed by atoms with Gasteiger partial charge in [0.2, 0.25) is 5.95 Å². The van der Waals surface area contributed by atoms with Crippen LogP contribution in [0.4, 0.5) is 23.5 Å². The van der Waals surface area contributed by atoms with Gasteiger partial charge in [-0.1, -0.05) is 12.1 Å². The van der Waals surface area contributed by atoms with Crippen molar-refractivity contribution in [1.29, 1.82) is 0 Å². The first-order valence-corrected chi connectivity index (χ1v) is 10.5. The number of halogens is 4. The number of aromatic amines is 1. The monoisotopic (exact) mass is 456 g/mol.